The summed E-state index contributed by atoms with van der Waals surface area (Å²) in [6.45, 7) is 4.27. The third-order valence-corrected chi connectivity index (χ3v) is 4.85. The summed E-state index contributed by atoms with van der Waals surface area (Å²) >= 11 is 8.89. The molecule has 0 radical (unpaired) electrons. The Kier molecular flexibility index (Phi) is 3.91. The molecule has 0 saturated carbocycles. The van der Waals surface area contributed by atoms with Crippen molar-refractivity contribution in [1.82, 2.24) is 9.97 Å². The molecule has 1 N–H and O–H groups in total. The van der Waals surface area contributed by atoms with Crippen LogP contribution < -0.4 is 0 Å². The Labute approximate surface area is 137 Å². The van der Waals surface area contributed by atoms with Crippen molar-refractivity contribution in [3.63, 3.8) is 0 Å². The number of rotatable bonds is 2. The minimum Gasteiger partial charge on any atom is -0.342 e. The molecule has 1 heterocycles. The molecule has 106 valence electrons. The molecular formula is C17H15BrN2S. The molecule has 0 bridgehead atoms. The van der Waals surface area contributed by atoms with Gasteiger partial charge in [-0.15, -0.1) is 0 Å². The minimum absolute atomic E-state index is 0.350. The first kappa shape index (κ1) is 14.4. The Bertz CT molecular complexity index is 868. The summed E-state index contributed by atoms with van der Waals surface area (Å²) < 4.78 is 1.48. The molecule has 0 atom stereocenters. The molecule has 0 aliphatic rings. The second-order valence-electron chi connectivity index (χ2n) is 5.33. The lowest BCUT2D eigenvalue weighted by atomic mass is 10.1. The second-order valence-corrected chi connectivity index (χ2v) is 6.51. The van der Waals surface area contributed by atoms with Gasteiger partial charge in [-0.3, -0.25) is 0 Å². The summed E-state index contributed by atoms with van der Waals surface area (Å²) in [7, 11) is 0. The van der Waals surface area contributed by atoms with Crippen molar-refractivity contribution in [3.05, 3.63) is 57.3 Å². The highest BCUT2D eigenvalue weighted by atomic mass is 79.9. The number of nitrogens with one attached hydrogen (secondary N) is 1. The number of nitrogens with zero attached hydrogens (tertiary/aromatic N) is 1. The Hall–Kier alpha value is -1.52. The number of halogens is 1. The topological polar surface area (TPSA) is 28.7 Å². The van der Waals surface area contributed by atoms with Gasteiger partial charge in [-0.25, -0.2) is 4.98 Å². The fourth-order valence-electron chi connectivity index (χ4n) is 2.35. The lowest BCUT2D eigenvalue weighted by Crippen LogP contribution is -2.00. The van der Waals surface area contributed by atoms with Crippen molar-refractivity contribution in [2.45, 2.75) is 19.8 Å². The lowest BCUT2D eigenvalue weighted by molar-refractivity contribution is 0.807. The third-order valence-electron chi connectivity index (χ3n) is 3.49. The number of hydrogen-bond donors (Lipinski definition) is 1. The molecule has 1 aromatic heterocycles. The van der Waals surface area contributed by atoms with Crippen molar-refractivity contribution in [1.29, 1.82) is 0 Å². The van der Waals surface area contributed by atoms with Gasteiger partial charge in [-0.2, -0.15) is 0 Å². The Balaban J connectivity index is 2.20. The van der Waals surface area contributed by atoms with Crippen molar-refractivity contribution in [2.75, 3.05) is 0 Å². The van der Waals surface area contributed by atoms with Crippen LogP contribution in [-0.2, 0) is 0 Å². The van der Waals surface area contributed by atoms with E-state index in [9.17, 15) is 0 Å². The van der Waals surface area contributed by atoms with Crippen LogP contribution in [0.5, 0.6) is 0 Å². The van der Waals surface area contributed by atoms with Gasteiger partial charge in [0.25, 0.3) is 0 Å². The number of aromatic amines is 1. The van der Waals surface area contributed by atoms with E-state index in [0.717, 1.165) is 21.6 Å². The van der Waals surface area contributed by atoms with Gasteiger partial charge >= 0.3 is 0 Å². The Morgan fingerprint density at radius 3 is 2.52 bits per heavy atom. The average Bonchev–Trinajstić information content (AvgIpc) is 2.49. The molecular weight excluding hydrogens is 344 g/mol. The van der Waals surface area contributed by atoms with Gasteiger partial charge in [0.1, 0.15) is 10.5 Å². The van der Waals surface area contributed by atoms with E-state index in [2.05, 4.69) is 70.1 Å². The van der Waals surface area contributed by atoms with Crippen LogP contribution in [-0.4, -0.2) is 9.97 Å². The van der Waals surface area contributed by atoms with Crippen LogP contribution >= 0.6 is 28.1 Å². The molecule has 0 unspecified atom stereocenters. The zero-order valence-corrected chi connectivity index (χ0v) is 14.3. The van der Waals surface area contributed by atoms with Crippen LogP contribution in [0.2, 0.25) is 0 Å². The summed E-state index contributed by atoms with van der Waals surface area (Å²) in [6, 6.07) is 14.6. The average molecular weight is 359 g/mol. The molecule has 21 heavy (non-hydrogen) atoms. The van der Waals surface area contributed by atoms with Crippen molar-refractivity contribution >= 4 is 38.9 Å². The Morgan fingerprint density at radius 2 is 1.81 bits per heavy atom. The zero-order chi connectivity index (χ0) is 15.0. The van der Waals surface area contributed by atoms with E-state index in [1.54, 1.807) is 0 Å². The van der Waals surface area contributed by atoms with E-state index >= 15 is 0 Å². The first-order chi connectivity index (χ1) is 10.1. The molecule has 2 aromatic carbocycles. The van der Waals surface area contributed by atoms with E-state index in [1.807, 2.05) is 12.1 Å². The fourth-order valence-corrected chi connectivity index (χ4v) is 3.19. The van der Waals surface area contributed by atoms with E-state index < -0.39 is 0 Å². The van der Waals surface area contributed by atoms with Crippen LogP contribution in [0.4, 0.5) is 0 Å². The van der Waals surface area contributed by atoms with E-state index in [0.29, 0.717) is 10.6 Å². The van der Waals surface area contributed by atoms with Gasteiger partial charge in [0.05, 0.1) is 4.47 Å². The molecule has 2 nitrogen and oxygen atoms in total. The largest absolute Gasteiger partial charge is 0.342 e. The van der Waals surface area contributed by atoms with Crippen LogP contribution in [0.15, 0.2) is 46.9 Å². The Morgan fingerprint density at radius 1 is 1.10 bits per heavy atom. The number of fused-ring (bicyclic) bond motifs is 1. The normalized spacial score (nSPS) is 11.2. The van der Waals surface area contributed by atoms with Crippen molar-refractivity contribution in [3.8, 4) is 11.4 Å². The molecule has 0 saturated heterocycles. The maximum Gasteiger partial charge on any atom is 0.144 e. The van der Waals surface area contributed by atoms with E-state index in [-0.39, 0.29) is 0 Å². The van der Waals surface area contributed by atoms with Gasteiger partial charge < -0.3 is 4.98 Å². The lowest BCUT2D eigenvalue weighted by Gasteiger charge is -2.12. The first-order valence-electron chi connectivity index (χ1n) is 6.85. The second kappa shape index (κ2) is 5.70. The van der Waals surface area contributed by atoms with Crippen LogP contribution in [0, 0.1) is 4.64 Å². The van der Waals surface area contributed by atoms with E-state index in [1.165, 1.54) is 10.8 Å². The van der Waals surface area contributed by atoms with Gasteiger partial charge in [-0.1, -0.05) is 62.5 Å². The summed E-state index contributed by atoms with van der Waals surface area (Å²) in [5, 5.41) is 2.42. The monoisotopic (exact) mass is 358 g/mol. The smallest absolute Gasteiger partial charge is 0.144 e. The number of aromatic nitrogens is 2. The predicted octanol–water partition coefficient (Wildman–Crippen LogP) is 5.85. The molecule has 0 aliphatic carbocycles. The molecule has 3 aromatic rings. The quantitative estimate of drug-likeness (QED) is 0.582. The minimum atomic E-state index is 0.350. The molecule has 0 fully saturated rings. The molecule has 0 amide bonds. The SMILES string of the molecule is CC(C)c1[nH]c(-c2ccc3ccccc3c2)nc(=S)c1Br. The van der Waals surface area contributed by atoms with Crippen LogP contribution in [0.25, 0.3) is 22.2 Å². The highest BCUT2D eigenvalue weighted by molar-refractivity contribution is 9.10. The summed E-state index contributed by atoms with van der Waals surface area (Å²) in [5.74, 6) is 1.17. The molecule has 0 spiro atoms. The fraction of sp³-hybridized carbons (Fsp3) is 0.176. The molecule has 3 rings (SSSR count). The van der Waals surface area contributed by atoms with Gasteiger partial charge in [-0.05, 0) is 38.7 Å². The third kappa shape index (κ3) is 2.78. The van der Waals surface area contributed by atoms with Gasteiger partial charge in [0.15, 0.2) is 0 Å². The van der Waals surface area contributed by atoms with Crippen LogP contribution in [0.3, 0.4) is 0 Å². The van der Waals surface area contributed by atoms with Crippen LogP contribution in [0.1, 0.15) is 25.5 Å². The molecule has 0 aliphatic heterocycles. The number of hydrogen-bond acceptors (Lipinski definition) is 2. The summed E-state index contributed by atoms with van der Waals surface area (Å²) in [4.78, 5) is 7.91. The van der Waals surface area contributed by atoms with Gasteiger partial charge in [0, 0.05) is 11.3 Å². The highest BCUT2D eigenvalue weighted by Crippen LogP contribution is 2.27. The predicted molar refractivity (Wildman–Crippen MR) is 94.2 cm³/mol. The van der Waals surface area contributed by atoms with Gasteiger partial charge in [0.2, 0.25) is 0 Å². The maximum absolute atomic E-state index is 5.37. The highest BCUT2D eigenvalue weighted by Gasteiger charge is 2.11. The maximum atomic E-state index is 5.37. The number of H-pyrrole nitrogens is 1. The van der Waals surface area contributed by atoms with Crippen molar-refractivity contribution < 1.29 is 0 Å². The van der Waals surface area contributed by atoms with E-state index in [4.69, 9.17) is 12.2 Å². The number of benzene rings is 2. The summed E-state index contributed by atoms with van der Waals surface area (Å²) in [6.07, 6.45) is 0. The molecule has 4 heteroatoms. The zero-order valence-electron chi connectivity index (χ0n) is 11.9. The standard InChI is InChI=1S/C17H15BrN2S/c1-10(2)15-14(18)17(21)20-16(19-15)13-8-7-11-5-3-4-6-12(11)9-13/h3-10H,1-2H3,(H,19,20,21). The first-order valence-corrected chi connectivity index (χ1v) is 8.05. The summed E-state index contributed by atoms with van der Waals surface area (Å²) in [5.41, 5.74) is 2.13. The van der Waals surface area contributed by atoms with Crippen molar-refractivity contribution in [2.24, 2.45) is 0 Å².